The third-order valence-corrected chi connectivity index (χ3v) is 7.92. The third-order valence-electron chi connectivity index (χ3n) is 5.18. The number of amides is 1. The van der Waals surface area contributed by atoms with Crippen molar-refractivity contribution in [1.82, 2.24) is 14.5 Å². The monoisotopic (exact) mass is 456 g/mol. The minimum absolute atomic E-state index is 0.143. The van der Waals surface area contributed by atoms with Gasteiger partial charge < -0.3 is 0 Å². The lowest BCUT2D eigenvalue weighted by atomic mass is 10.2. The lowest BCUT2D eigenvalue weighted by Crippen LogP contribution is -2.32. The van der Waals surface area contributed by atoms with E-state index >= 15 is 0 Å². The molecule has 162 valence electrons. The van der Waals surface area contributed by atoms with Gasteiger partial charge >= 0.3 is 0 Å². The van der Waals surface area contributed by atoms with Crippen LogP contribution in [0.1, 0.15) is 46.6 Å². The number of carbonyl (C=O) groups is 1. The molecule has 0 radical (unpaired) electrons. The van der Waals surface area contributed by atoms with E-state index < -0.39 is 15.9 Å². The van der Waals surface area contributed by atoms with Crippen molar-refractivity contribution in [3.63, 3.8) is 0 Å². The summed E-state index contributed by atoms with van der Waals surface area (Å²) < 4.78 is 27.6. The van der Waals surface area contributed by atoms with Gasteiger partial charge in [-0.25, -0.2) is 8.42 Å². The molecule has 0 atom stereocenters. The van der Waals surface area contributed by atoms with Gasteiger partial charge in [-0.05, 0) is 36.6 Å². The maximum Gasteiger partial charge on any atom is 0.257 e. The standard InChI is InChI=1S/C22H24N4O3S2/c27-21(23-22-25-24-20(30-22)15-17-9-4-3-5-10-17)18-11-8-12-19(16-18)31(28,29)26-13-6-1-2-7-14-26/h3-5,8-12,16H,1-2,6-7,13-15H2,(H,23,25,27). The van der Waals surface area contributed by atoms with Crippen molar-refractivity contribution in [2.75, 3.05) is 18.4 Å². The molecule has 1 N–H and O–H groups in total. The van der Waals surface area contributed by atoms with Crippen LogP contribution in [0.15, 0.2) is 59.5 Å². The van der Waals surface area contributed by atoms with Crippen LogP contribution in [0.4, 0.5) is 5.13 Å². The summed E-state index contributed by atoms with van der Waals surface area (Å²) in [4.78, 5) is 12.9. The Bertz CT molecular complexity index is 1140. The Balaban J connectivity index is 1.46. The summed E-state index contributed by atoms with van der Waals surface area (Å²) in [5.41, 5.74) is 1.39. The van der Waals surface area contributed by atoms with Gasteiger partial charge in [0.15, 0.2) is 0 Å². The molecule has 31 heavy (non-hydrogen) atoms. The second-order valence-electron chi connectivity index (χ2n) is 7.46. The van der Waals surface area contributed by atoms with Crippen molar-refractivity contribution in [2.24, 2.45) is 0 Å². The Hall–Kier alpha value is -2.62. The van der Waals surface area contributed by atoms with Gasteiger partial charge in [-0.3, -0.25) is 10.1 Å². The van der Waals surface area contributed by atoms with Gasteiger partial charge in [-0.2, -0.15) is 4.31 Å². The highest BCUT2D eigenvalue weighted by molar-refractivity contribution is 7.89. The van der Waals surface area contributed by atoms with Gasteiger partial charge in [0.1, 0.15) is 5.01 Å². The molecule has 0 bridgehead atoms. The zero-order valence-electron chi connectivity index (χ0n) is 17.0. The number of hydrogen-bond donors (Lipinski definition) is 1. The zero-order valence-corrected chi connectivity index (χ0v) is 18.7. The number of nitrogens with zero attached hydrogens (tertiary/aromatic N) is 3. The lowest BCUT2D eigenvalue weighted by molar-refractivity contribution is 0.102. The normalized spacial score (nSPS) is 15.4. The molecule has 7 nitrogen and oxygen atoms in total. The van der Waals surface area contributed by atoms with E-state index in [2.05, 4.69) is 15.5 Å². The molecule has 1 fully saturated rings. The van der Waals surface area contributed by atoms with Crippen molar-refractivity contribution >= 4 is 32.4 Å². The molecule has 0 spiro atoms. The summed E-state index contributed by atoms with van der Waals surface area (Å²) >= 11 is 1.30. The van der Waals surface area contributed by atoms with Crippen molar-refractivity contribution in [1.29, 1.82) is 0 Å². The number of nitrogens with one attached hydrogen (secondary N) is 1. The lowest BCUT2D eigenvalue weighted by Gasteiger charge is -2.20. The smallest absolute Gasteiger partial charge is 0.257 e. The largest absolute Gasteiger partial charge is 0.296 e. The molecule has 1 amide bonds. The maximum atomic E-state index is 13.0. The van der Waals surface area contributed by atoms with Crippen LogP contribution < -0.4 is 5.32 Å². The molecular formula is C22H24N4O3S2. The van der Waals surface area contributed by atoms with E-state index in [1.807, 2.05) is 30.3 Å². The summed E-state index contributed by atoms with van der Waals surface area (Å²) in [6, 6.07) is 16.1. The fourth-order valence-electron chi connectivity index (χ4n) is 3.54. The first-order chi connectivity index (χ1) is 15.0. The van der Waals surface area contributed by atoms with Crippen molar-refractivity contribution in [3.05, 3.63) is 70.7 Å². The quantitative estimate of drug-likeness (QED) is 0.606. The highest BCUT2D eigenvalue weighted by Gasteiger charge is 2.26. The molecule has 0 unspecified atom stereocenters. The van der Waals surface area contributed by atoms with Gasteiger partial charge in [0.25, 0.3) is 5.91 Å². The highest BCUT2D eigenvalue weighted by atomic mass is 32.2. The second kappa shape index (κ2) is 9.67. The van der Waals surface area contributed by atoms with Gasteiger partial charge in [0.2, 0.25) is 15.2 Å². The van der Waals surface area contributed by atoms with Crippen LogP contribution in [0, 0.1) is 0 Å². The minimum atomic E-state index is -3.62. The molecule has 0 aliphatic carbocycles. The van der Waals surface area contributed by atoms with Gasteiger partial charge in [0.05, 0.1) is 4.90 Å². The topological polar surface area (TPSA) is 92.3 Å². The van der Waals surface area contributed by atoms with Crippen LogP contribution in [0.2, 0.25) is 0 Å². The van der Waals surface area contributed by atoms with E-state index in [4.69, 9.17) is 0 Å². The van der Waals surface area contributed by atoms with Crippen LogP contribution in [0.25, 0.3) is 0 Å². The molecule has 3 aromatic rings. The minimum Gasteiger partial charge on any atom is -0.296 e. The van der Waals surface area contributed by atoms with Crippen LogP contribution >= 0.6 is 11.3 Å². The fourth-order valence-corrected chi connectivity index (χ4v) is 5.88. The zero-order chi connectivity index (χ0) is 21.7. The number of benzene rings is 2. The van der Waals surface area contributed by atoms with Gasteiger partial charge in [-0.15, -0.1) is 10.2 Å². The predicted octanol–water partition coefficient (Wildman–Crippen LogP) is 3.95. The van der Waals surface area contributed by atoms with Crippen LogP contribution in [-0.2, 0) is 16.4 Å². The van der Waals surface area contributed by atoms with Gasteiger partial charge in [0, 0.05) is 25.1 Å². The summed E-state index contributed by atoms with van der Waals surface area (Å²) in [6.45, 7) is 1.04. The molecule has 2 heterocycles. The number of anilines is 1. The molecule has 1 saturated heterocycles. The molecule has 0 saturated carbocycles. The van der Waals surface area contributed by atoms with E-state index in [1.54, 1.807) is 18.2 Å². The van der Waals surface area contributed by atoms with Crippen LogP contribution in [0.5, 0.6) is 0 Å². The summed E-state index contributed by atoms with van der Waals surface area (Å²) in [7, 11) is -3.62. The Morgan fingerprint density at radius 1 is 0.968 bits per heavy atom. The van der Waals surface area contributed by atoms with E-state index in [0.29, 0.717) is 24.6 Å². The van der Waals surface area contributed by atoms with Crippen molar-refractivity contribution < 1.29 is 13.2 Å². The maximum absolute atomic E-state index is 13.0. The first kappa shape index (κ1) is 21.6. The molecule has 2 aromatic carbocycles. The Morgan fingerprint density at radius 3 is 2.45 bits per heavy atom. The Labute approximate surface area is 186 Å². The molecular weight excluding hydrogens is 432 g/mol. The third kappa shape index (κ3) is 5.36. The fraction of sp³-hybridized carbons (Fsp3) is 0.318. The van der Waals surface area contributed by atoms with Crippen molar-refractivity contribution in [2.45, 2.75) is 37.0 Å². The molecule has 9 heteroatoms. The molecule has 1 aromatic heterocycles. The number of aromatic nitrogens is 2. The molecule has 4 rings (SSSR count). The summed E-state index contributed by atoms with van der Waals surface area (Å²) in [5.74, 6) is -0.407. The van der Waals surface area contributed by atoms with Crippen molar-refractivity contribution in [3.8, 4) is 0 Å². The number of sulfonamides is 1. The Kier molecular flexibility index (Phi) is 6.74. The van der Waals surface area contributed by atoms with E-state index in [9.17, 15) is 13.2 Å². The molecule has 1 aliphatic rings. The van der Waals surface area contributed by atoms with E-state index in [-0.39, 0.29) is 10.5 Å². The number of carbonyl (C=O) groups excluding carboxylic acids is 1. The van der Waals surface area contributed by atoms with Gasteiger partial charge in [-0.1, -0.05) is 60.6 Å². The summed E-state index contributed by atoms with van der Waals surface area (Å²) in [5, 5.41) is 12.1. The highest BCUT2D eigenvalue weighted by Crippen LogP contribution is 2.23. The predicted molar refractivity (Wildman–Crippen MR) is 121 cm³/mol. The Morgan fingerprint density at radius 2 is 1.71 bits per heavy atom. The molecule has 1 aliphatic heterocycles. The average Bonchev–Trinajstić information content (AvgIpc) is 3.03. The van der Waals surface area contributed by atoms with E-state index in [1.165, 1.54) is 21.7 Å². The summed E-state index contributed by atoms with van der Waals surface area (Å²) in [6.07, 6.45) is 4.45. The van der Waals surface area contributed by atoms with Crippen LogP contribution in [-0.4, -0.2) is 41.9 Å². The SMILES string of the molecule is O=C(Nc1nnc(Cc2ccccc2)s1)c1cccc(S(=O)(=O)N2CCCCCC2)c1. The van der Waals surface area contributed by atoms with Crippen LogP contribution in [0.3, 0.4) is 0 Å². The second-order valence-corrected chi connectivity index (χ2v) is 10.5. The number of hydrogen-bond acceptors (Lipinski definition) is 6. The van der Waals surface area contributed by atoms with E-state index in [0.717, 1.165) is 36.3 Å². The average molecular weight is 457 g/mol. The number of rotatable bonds is 6. The first-order valence-electron chi connectivity index (χ1n) is 10.3. The first-order valence-corrected chi connectivity index (χ1v) is 12.6.